The van der Waals surface area contributed by atoms with Crippen molar-refractivity contribution in [2.45, 2.75) is 45.3 Å². The summed E-state index contributed by atoms with van der Waals surface area (Å²) in [4.78, 5) is 37.2. The van der Waals surface area contributed by atoms with Crippen LogP contribution in [-0.4, -0.2) is 41.1 Å². The number of anilines is 2. The average molecular weight is 348 g/mol. The maximum atomic E-state index is 12.6. The number of carbonyl (C=O) groups excluding carboxylic acids is 3. The van der Waals surface area contributed by atoms with Gasteiger partial charge in [-0.15, -0.1) is 0 Å². The van der Waals surface area contributed by atoms with Crippen LogP contribution in [0.5, 0.6) is 0 Å². The Morgan fingerprint density at radius 1 is 1.20 bits per heavy atom. The Kier molecular flexibility index (Phi) is 5.51. The lowest BCUT2D eigenvalue weighted by atomic mass is 10.2. The molecule has 1 heterocycles. The lowest BCUT2D eigenvalue weighted by Crippen LogP contribution is -2.45. The van der Waals surface area contributed by atoms with Crippen molar-refractivity contribution < 1.29 is 19.1 Å². The summed E-state index contributed by atoms with van der Waals surface area (Å²) in [6.07, 6.45) is 0.819. The molecule has 8 heteroatoms. The molecule has 1 aromatic carbocycles. The molecule has 1 aliphatic heterocycles. The van der Waals surface area contributed by atoms with Gasteiger partial charge in [0, 0.05) is 17.9 Å². The number of primary amides is 1. The van der Waals surface area contributed by atoms with E-state index >= 15 is 0 Å². The largest absolute Gasteiger partial charge is 0.444 e. The van der Waals surface area contributed by atoms with Crippen LogP contribution in [-0.2, 0) is 9.53 Å². The third kappa shape index (κ3) is 5.37. The summed E-state index contributed by atoms with van der Waals surface area (Å²) in [6, 6.07) is 5.36. The van der Waals surface area contributed by atoms with Crippen LogP contribution in [0.3, 0.4) is 0 Å². The Morgan fingerprint density at radius 2 is 1.84 bits per heavy atom. The number of nitrogens with one attached hydrogen (secondary N) is 2. The lowest BCUT2D eigenvalue weighted by molar-refractivity contribution is -0.120. The number of ether oxygens (including phenoxy) is 1. The van der Waals surface area contributed by atoms with Gasteiger partial charge in [-0.1, -0.05) is 6.07 Å². The zero-order chi connectivity index (χ0) is 18.6. The van der Waals surface area contributed by atoms with Gasteiger partial charge in [-0.3, -0.25) is 9.69 Å². The first-order valence-corrected chi connectivity index (χ1v) is 8.13. The van der Waals surface area contributed by atoms with Gasteiger partial charge in [-0.05, 0) is 51.8 Å². The number of hydrogen-bond donors (Lipinski definition) is 3. The number of amides is 4. The molecule has 0 spiro atoms. The predicted octanol–water partition coefficient (Wildman–Crippen LogP) is 2.52. The van der Waals surface area contributed by atoms with E-state index in [1.807, 2.05) is 0 Å². The fraction of sp³-hybridized carbons (Fsp3) is 0.471. The Morgan fingerprint density at radius 3 is 2.44 bits per heavy atom. The highest BCUT2D eigenvalue weighted by atomic mass is 16.6. The van der Waals surface area contributed by atoms with Gasteiger partial charge < -0.3 is 21.1 Å². The third-order valence-corrected chi connectivity index (χ3v) is 3.58. The molecule has 0 radical (unpaired) electrons. The number of rotatable bonds is 3. The first-order chi connectivity index (χ1) is 11.7. The Balaban J connectivity index is 2.04. The average Bonchev–Trinajstić information content (AvgIpc) is 2.94. The molecule has 0 aromatic heterocycles. The van der Waals surface area contributed by atoms with Crippen LogP contribution in [0.1, 0.15) is 33.6 Å². The molecule has 0 bridgehead atoms. The van der Waals surface area contributed by atoms with Crippen LogP contribution in [0.2, 0.25) is 0 Å². The Labute approximate surface area is 146 Å². The van der Waals surface area contributed by atoms with Crippen molar-refractivity contribution in [2.24, 2.45) is 5.73 Å². The molecule has 1 aromatic rings. The second-order valence-corrected chi connectivity index (χ2v) is 6.89. The molecule has 4 amide bonds. The topological polar surface area (TPSA) is 114 Å². The van der Waals surface area contributed by atoms with Gasteiger partial charge in [0.25, 0.3) is 0 Å². The van der Waals surface area contributed by atoms with Crippen molar-refractivity contribution in [3.63, 3.8) is 0 Å². The van der Waals surface area contributed by atoms with E-state index in [1.165, 1.54) is 4.90 Å². The molecule has 2 rings (SSSR count). The molecule has 136 valence electrons. The molecule has 0 aliphatic carbocycles. The number of urea groups is 1. The second-order valence-electron chi connectivity index (χ2n) is 6.89. The van der Waals surface area contributed by atoms with Crippen molar-refractivity contribution in [2.75, 3.05) is 17.2 Å². The molecular formula is C17H24N4O4. The Hall–Kier alpha value is -2.77. The molecule has 0 unspecified atom stereocenters. The van der Waals surface area contributed by atoms with E-state index < -0.39 is 23.8 Å². The van der Waals surface area contributed by atoms with Crippen LogP contribution in [0.4, 0.5) is 21.0 Å². The van der Waals surface area contributed by atoms with Gasteiger partial charge in [-0.2, -0.15) is 0 Å². The lowest BCUT2D eigenvalue weighted by Gasteiger charge is -2.28. The van der Waals surface area contributed by atoms with Gasteiger partial charge >= 0.3 is 12.1 Å². The van der Waals surface area contributed by atoms with E-state index in [0.717, 1.165) is 6.42 Å². The molecule has 1 aliphatic rings. The van der Waals surface area contributed by atoms with E-state index in [9.17, 15) is 14.4 Å². The molecule has 4 N–H and O–H groups in total. The van der Waals surface area contributed by atoms with Crippen LogP contribution >= 0.6 is 0 Å². The van der Waals surface area contributed by atoms with Crippen molar-refractivity contribution in [1.82, 2.24) is 4.90 Å². The number of hydrogen-bond acceptors (Lipinski definition) is 4. The monoisotopic (exact) mass is 348 g/mol. The van der Waals surface area contributed by atoms with Gasteiger partial charge in [0.1, 0.15) is 11.6 Å². The number of likely N-dealkylation sites (tertiary alicyclic amines) is 1. The quantitative estimate of drug-likeness (QED) is 0.778. The fourth-order valence-electron chi connectivity index (χ4n) is 2.62. The van der Waals surface area contributed by atoms with Crippen molar-refractivity contribution in [1.29, 1.82) is 0 Å². The first kappa shape index (κ1) is 18.6. The van der Waals surface area contributed by atoms with Gasteiger partial charge in [-0.25, -0.2) is 9.59 Å². The molecular weight excluding hydrogens is 324 g/mol. The summed E-state index contributed by atoms with van der Waals surface area (Å²) >= 11 is 0. The summed E-state index contributed by atoms with van der Waals surface area (Å²) in [5, 5.41) is 5.21. The van der Waals surface area contributed by atoms with Crippen LogP contribution in [0, 0.1) is 0 Å². The van der Waals surface area contributed by atoms with Crippen molar-refractivity contribution in [3.8, 4) is 0 Å². The molecule has 0 saturated carbocycles. The molecule has 1 fully saturated rings. The van der Waals surface area contributed by atoms with Crippen LogP contribution < -0.4 is 16.4 Å². The van der Waals surface area contributed by atoms with E-state index in [1.54, 1.807) is 45.0 Å². The normalized spacial score (nSPS) is 17.1. The zero-order valence-corrected chi connectivity index (χ0v) is 14.7. The van der Waals surface area contributed by atoms with Crippen LogP contribution in [0.15, 0.2) is 24.3 Å². The summed E-state index contributed by atoms with van der Waals surface area (Å²) in [6.45, 7) is 5.84. The van der Waals surface area contributed by atoms with E-state index in [-0.39, 0.29) is 5.91 Å². The molecule has 1 saturated heterocycles. The summed E-state index contributed by atoms with van der Waals surface area (Å²) in [5.41, 5.74) is 5.45. The molecule has 25 heavy (non-hydrogen) atoms. The van der Waals surface area contributed by atoms with Gasteiger partial charge in [0.05, 0.1) is 0 Å². The minimum atomic E-state index is -0.685. The van der Waals surface area contributed by atoms with Crippen molar-refractivity contribution >= 4 is 29.4 Å². The Bertz CT molecular complexity index is 669. The smallest absolute Gasteiger partial charge is 0.410 e. The highest BCUT2D eigenvalue weighted by Gasteiger charge is 2.36. The van der Waals surface area contributed by atoms with E-state index in [2.05, 4.69) is 10.6 Å². The number of nitrogens with zero attached hydrogens (tertiary/aromatic N) is 1. The number of benzene rings is 1. The summed E-state index contributed by atoms with van der Waals surface area (Å²) < 4.78 is 5.36. The highest BCUT2D eigenvalue weighted by molar-refractivity contribution is 5.97. The van der Waals surface area contributed by atoms with E-state index in [4.69, 9.17) is 10.5 Å². The minimum absolute atomic E-state index is 0.292. The maximum Gasteiger partial charge on any atom is 0.410 e. The summed E-state index contributed by atoms with van der Waals surface area (Å²) in [5.74, 6) is -0.292. The molecule has 8 nitrogen and oxygen atoms in total. The maximum absolute atomic E-state index is 12.6. The third-order valence-electron chi connectivity index (χ3n) is 3.58. The molecule has 1 atom stereocenters. The SMILES string of the molecule is CC(C)(C)OC(=O)N1CCC[C@H]1C(=O)Nc1cccc(NC(N)=O)c1. The highest BCUT2D eigenvalue weighted by Crippen LogP contribution is 2.23. The van der Waals surface area contributed by atoms with Crippen LogP contribution in [0.25, 0.3) is 0 Å². The van der Waals surface area contributed by atoms with E-state index in [0.29, 0.717) is 24.3 Å². The number of nitrogens with two attached hydrogens (primary N) is 1. The van der Waals surface area contributed by atoms with Gasteiger partial charge in [0.15, 0.2) is 0 Å². The number of carbonyl (C=O) groups is 3. The second kappa shape index (κ2) is 7.42. The predicted molar refractivity (Wildman–Crippen MR) is 94.2 cm³/mol. The minimum Gasteiger partial charge on any atom is -0.444 e. The van der Waals surface area contributed by atoms with Gasteiger partial charge in [0.2, 0.25) is 5.91 Å². The fourth-order valence-corrected chi connectivity index (χ4v) is 2.62. The zero-order valence-electron chi connectivity index (χ0n) is 14.7. The first-order valence-electron chi connectivity index (χ1n) is 8.13. The summed E-state index contributed by atoms with van der Waals surface area (Å²) in [7, 11) is 0. The standard InChI is InChI=1S/C17H24N4O4/c1-17(2,3)25-16(24)21-9-5-8-13(21)14(22)19-11-6-4-7-12(10-11)20-15(18)23/h4,6-7,10,13H,5,8-9H2,1-3H3,(H,19,22)(H3,18,20,23)/t13-/m0/s1. The van der Waals surface area contributed by atoms with Crippen molar-refractivity contribution in [3.05, 3.63) is 24.3 Å².